The highest BCUT2D eigenvalue weighted by atomic mass is 19.1. The number of halogens is 1. The molecule has 1 N–H and O–H groups in total. The fourth-order valence-corrected chi connectivity index (χ4v) is 1.99. The molecule has 0 aliphatic rings. The molecule has 1 amide bonds. The van der Waals surface area contributed by atoms with Crippen LogP contribution in [0.15, 0.2) is 34.7 Å². The summed E-state index contributed by atoms with van der Waals surface area (Å²) in [6.07, 6.45) is 0. The molecule has 2 rings (SSSR count). The van der Waals surface area contributed by atoms with Crippen molar-refractivity contribution in [2.24, 2.45) is 0 Å². The van der Waals surface area contributed by atoms with Crippen molar-refractivity contribution in [3.63, 3.8) is 0 Å². The number of nitro groups is 1. The maximum atomic E-state index is 13.4. The third kappa shape index (κ3) is 3.57. The van der Waals surface area contributed by atoms with Gasteiger partial charge in [-0.3, -0.25) is 14.9 Å². The zero-order chi connectivity index (χ0) is 17.9. The summed E-state index contributed by atoms with van der Waals surface area (Å²) in [6, 6.07) is 4.79. The maximum Gasteiger partial charge on any atom is 0.433 e. The van der Waals surface area contributed by atoms with Gasteiger partial charge in [-0.05, 0) is 30.2 Å². The molecule has 0 unspecified atom stereocenters. The smallest absolute Gasteiger partial charge is 0.433 e. The summed E-state index contributed by atoms with van der Waals surface area (Å²) < 4.78 is 22.8. The zero-order valence-corrected chi connectivity index (χ0v) is 12.7. The predicted molar refractivity (Wildman–Crippen MR) is 78.7 cm³/mol. The first kappa shape index (κ1) is 17.1. The summed E-state index contributed by atoms with van der Waals surface area (Å²) in [5.74, 6) is -3.03. The van der Waals surface area contributed by atoms with Crippen molar-refractivity contribution < 1.29 is 28.1 Å². The van der Waals surface area contributed by atoms with Gasteiger partial charge in [0.2, 0.25) is 0 Å². The molecule has 8 nitrogen and oxygen atoms in total. The Morgan fingerprint density at radius 2 is 2.04 bits per heavy atom. The number of esters is 1. The Balaban J connectivity index is 2.28. The second kappa shape index (κ2) is 6.90. The number of furan rings is 1. The lowest BCUT2D eigenvalue weighted by Gasteiger charge is -2.16. The minimum Gasteiger partial charge on any atom is -0.467 e. The molecular formula is C15H13FN2O6. The van der Waals surface area contributed by atoms with Crippen LogP contribution in [0.25, 0.3) is 0 Å². The van der Waals surface area contributed by atoms with Crippen molar-refractivity contribution in [2.75, 3.05) is 7.11 Å². The summed E-state index contributed by atoms with van der Waals surface area (Å²) in [5.41, 5.74) is 0.583. The van der Waals surface area contributed by atoms with Gasteiger partial charge in [0.1, 0.15) is 10.7 Å². The van der Waals surface area contributed by atoms with Crippen molar-refractivity contribution in [1.29, 1.82) is 0 Å². The van der Waals surface area contributed by atoms with Crippen molar-refractivity contribution in [1.82, 2.24) is 5.32 Å². The summed E-state index contributed by atoms with van der Waals surface area (Å²) >= 11 is 0. The van der Waals surface area contributed by atoms with E-state index in [0.29, 0.717) is 5.56 Å². The summed E-state index contributed by atoms with van der Waals surface area (Å²) in [7, 11) is 1.13. The van der Waals surface area contributed by atoms with Gasteiger partial charge in [-0.15, -0.1) is 0 Å². The summed E-state index contributed by atoms with van der Waals surface area (Å²) in [5, 5.41) is 12.9. The Morgan fingerprint density at radius 1 is 1.33 bits per heavy atom. The van der Waals surface area contributed by atoms with Crippen LogP contribution in [0.4, 0.5) is 10.3 Å². The molecule has 1 heterocycles. The number of rotatable bonds is 5. The number of hydrogen-bond acceptors (Lipinski definition) is 6. The molecule has 0 fully saturated rings. The van der Waals surface area contributed by atoms with E-state index in [1.54, 1.807) is 0 Å². The number of carbonyl (C=O) groups excluding carboxylic acids is 2. The van der Waals surface area contributed by atoms with Gasteiger partial charge < -0.3 is 14.5 Å². The van der Waals surface area contributed by atoms with Crippen LogP contribution in [0, 0.1) is 22.9 Å². The fraction of sp³-hybridized carbons (Fsp3) is 0.200. The number of amides is 1. The van der Waals surface area contributed by atoms with E-state index in [0.717, 1.165) is 25.3 Å². The predicted octanol–water partition coefficient (Wildman–Crippen LogP) is 2.28. The molecule has 0 spiro atoms. The standard InChI is InChI=1S/C15H13FN2O6/c1-8-7-9(3-4-10(8)16)13(15(20)23-2)17-14(19)11-5-6-12(24-11)18(21)22/h3-7,13H,1-2H3,(H,17,19)/t13-/m0/s1. The highest BCUT2D eigenvalue weighted by Gasteiger charge is 2.27. The maximum absolute atomic E-state index is 13.4. The average Bonchev–Trinajstić information content (AvgIpc) is 3.05. The number of ether oxygens (including phenoxy) is 1. The van der Waals surface area contributed by atoms with Crippen LogP contribution in [0.1, 0.15) is 27.7 Å². The highest BCUT2D eigenvalue weighted by molar-refractivity contribution is 5.95. The van der Waals surface area contributed by atoms with Crippen LogP contribution in [0.2, 0.25) is 0 Å². The van der Waals surface area contributed by atoms with E-state index in [1.165, 1.54) is 19.1 Å². The molecule has 1 atom stereocenters. The van der Waals surface area contributed by atoms with Crippen molar-refractivity contribution in [3.8, 4) is 0 Å². The van der Waals surface area contributed by atoms with Gasteiger partial charge in [-0.1, -0.05) is 12.1 Å². The van der Waals surface area contributed by atoms with Crippen LogP contribution in [-0.4, -0.2) is 23.9 Å². The van der Waals surface area contributed by atoms with Gasteiger partial charge in [-0.2, -0.15) is 0 Å². The Morgan fingerprint density at radius 3 is 2.58 bits per heavy atom. The molecule has 9 heteroatoms. The van der Waals surface area contributed by atoms with E-state index in [4.69, 9.17) is 4.42 Å². The molecule has 2 aromatic rings. The van der Waals surface area contributed by atoms with E-state index in [1.807, 2.05) is 0 Å². The summed E-state index contributed by atoms with van der Waals surface area (Å²) in [4.78, 5) is 33.8. The SMILES string of the molecule is COC(=O)[C@@H](NC(=O)c1ccc([N+](=O)[O-])o1)c1ccc(F)c(C)c1. The van der Waals surface area contributed by atoms with Crippen molar-refractivity contribution >= 4 is 17.8 Å². The van der Waals surface area contributed by atoms with Gasteiger partial charge in [-0.25, -0.2) is 9.18 Å². The number of methoxy groups -OCH3 is 1. The first-order valence-corrected chi connectivity index (χ1v) is 6.72. The fourth-order valence-electron chi connectivity index (χ4n) is 1.99. The first-order chi connectivity index (χ1) is 11.3. The van der Waals surface area contributed by atoms with Crippen molar-refractivity contribution in [2.45, 2.75) is 13.0 Å². The van der Waals surface area contributed by atoms with Crippen molar-refractivity contribution in [3.05, 3.63) is 63.2 Å². The largest absolute Gasteiger partial charge is 0.467 e. The van der Waals surface area contributed by atoms with Gasteiger partial charge in [0, 0.05) is 0 Å². The van der Waals surface area contributed by atoms with Crippen LogP contribution >= 0.6 is 0 Å². The Hall–Kier alpha value is -3.23. The number of nitrogens with one attached hydrogen (secondary N) is 1. The topological polar surface area (TPSA) is 112 Å². The molecule has 0 radical (unpaired) electrons. The van der Waals surface area contributed by atoms with Crippen LogP contribution < -0.4 is 5.32 Å². The number of benzene rings is 1. The molecular weight excluding hydrogens is 323 g/mol. The number of hydrogen-bond donors (Lipinski definition) is 1. The number of carbonyl (C=O) groups is 2. The quantitative estimate of drug-likeness (QED) is 0.509. The van der Waals surface area contributed by atoms with Gasteiger partial charge in [0.05, 0.1) is 13.2 Å². The van der Waals surface area contributed by atoms with E-state index < -0.39 is 34.5 Å². The monoisotopic (exact) mass is 336 g/mol. The van der Waals surface area contributed by atoms with Crippen LogP contribution in [-0.2, 0) is 9.53 Å². The van der Waals surface area contributed by atoms with Gasteiger partial charge in [0.25, 0.3) is 5.91 Å². The third-order valence-electron chi connectivity index (χ3n) is 3.22. The molecule has 1 aromatic heterocycles. The molecule has 0 bridgehead atoms. The molecule has 126 valence electrons. The lowest BCUT2D eigenvalue weighted by molar-refractivity contribution is -0.402. The number of aryl methyl sites for hydroxylation is 1. The lowest BCUT2D eigenvalue weighted by Crippen LogP contribution is -2.34. The molecule has 0 aliphatic heterocycles. The third-order valence-corrected chi connectivity index (χ3v) is 3.22. The molecule has 0 aliphatic carbocycles. The molecule has 0 saturated heterocycles. The number of nitrogens with zero attached hydrogens (tertiary/aromatic N) is 1. The van der Waals surface area contributed by atoms with E-state index >= 15 is 0 Å². The zero-order valence-electron chi connectivity index (χ0n) is 12.7. The van der Waals surface area contributed by atoms with Crippen LogP contribution in [0.5, 0.6) is 0 Å². The molecule has 1 aromatic carbocycles. The van der Waals surface area contributed by atoms with Gasteiger partial charge >= 0.3 is 11.9 Å². The normalized spacial score (nSPS) is 11.6. The van der Waals surface area contributed by atoms with Gasteiger partial charge in [0.15, 0.2) is 11.8 Å². The second-order valence-electron chi connectivity index (χ2n) is 4.83. The van der Waals surface area contributed by atoms with E-state index in [2.05, 4.69) is 10.1 Å². The molecule has 24 heavy (non-hydrogen) atoms. The lowest BCUT2D eigenvalue weighted by atomic mass is 10.0. The van der Waals surface area contributed by atoms with E-state index in [-0.39, 0.29) is 11.3 Å². The minimum atomic E-state index is -1.22. The van der Waals surface area contributed by atoms with Crippen LogP contribution in [0.3, 0.4) is 0 Å². The Kier molecular flexibility index (Phi) is 4.93. The first-order valence-electron chi connectivity index (χ1n) is 6.72. The summed E-state index contributed by atoms with van der Waals surface area (Å²) in [6.45, 7) is 1.50. The molecule has 0 saturated carbocycles. The minimum absolute atomic E-state index is 0.282. The highest BCUT2D eigenvalue weighted by Crippen LogP contribution is 2.20. The Labute approximate surface area is 135 Å². The second-order valence-corrected chi connectivity index (χ2v) is 4.83. The van der Waals surface area contributed by atoms with E-state index in [9.17, 15) is 24.1 Å². The average molecular weight is 336 g/mol. The Bertz CT molecular complexity index is 801.